The minimum absolute atomic E-state index is 0.242. The summed E-state index contributed by atoms with van der Waals surface area (Å²) in [5.74, 6) is 0.180. The minimum atomic E-state index is -0.714. The number of benzene rings is 1. The molecule has 2 heterocycles. The quantitative estimate of drug-likeness (QED) is 0.937. The number of aliphatic hydroxyl groups excluding tert-OH is 1. The van der Waals surface area contributed by atoms with Gasteiger partial charge in [-0.15, -0.1) is 0 Å². The molecule has 20 heavy (non-hydrogen) atoms. The number of aryl methyl sites for hydroxylation is 1. The van der Waals surface area contributed by atoms with Gasteiger partial charge in [0, 0.05) is 30.3 Å². The zero-order valence-electron chi connectivity index (χ0n) is 11.3. The molecule has 0 saturated carbocycles. The normalized spacial score (nSPS) is 21.4. The Morgan fingerprint density at radius 1 is 1.50 bits per heavy atom. The van der Waals surface area contributed by atoms with Crippen molar-refractivity contribution in [3.05, 3.63) is 47.5 Å². The maximum atomic E-state index is 13.2. The summed E-state index contributed by atoms with van der Waals surface area (Å²) in [4.78, 5) is 0. The molecule has 5 heteroatoms. The molecule has 1 aromatic heterocycles. The molecule has 1 N–H and O–H groups in total. The molecule has 106 valence electrons. The highest BCUT2D eigenvalue weighted by molar-refractivity contribution is 5.38. The van der Waals surface area contributed by atoms with Crippen LogP contribution >= 0.6 is 0 Å². The summed E-state index contributed by atoms with van der Waals surface area (Å²) in [6.45, 7) is 2.95. The molecule has 0 aliphatic carbocycles. The molecule has 0 amide bonds. The van der Waals surface area contributed by atoms with Gasteiger partial charge >= 0.3 is 0 Å². The van der Waals surface area contributed by atoms with E-state index in [0.29, 0.717) is 17.7 Å². The first kappa shape index (κ1) is 13.1. The fourth-order valence-corrected chi connectivity index (χ4v) is 2.52. The number of aromatic nitrogens is 2. The molecule has 0 spiro atoms. The minimum Gasteiger partial charge on any atom is -0.485 e. The Kier molecular flexibility index (Phi) is 3.44. The summed E-state index contributed by atoms with van der Waals surface area (Å²) in [6, 6.07) is 4.24. The molecule has 1 aliphatic rings. The Morgan fingerprint density at radius 3 is 3.15 bits per heavy atom. The van der Waals surface area contributed by atoms with E-state index in [-0.39, 0.29) is 11.9 Å². The Labute approximate surface area is 116 Å². The first-order valence-electron chi connectivity index (χ1n) is 6.84. The topological polar surface area (TPSA) is 47.3 Å². The molecule has 1 aliphatic heterocycles. The van der Waals surface area contributed by atoms with Crippen molar-refractivity contribution in [2.45, 2.75) is 38.5 Å². The van der Waals surface area contributed by atoms with Crippen molar-refractivity contribution in [2.75, 3.05) is 0 Å². The lowest BCUT2D eigenvalue weighted by Gasteiger charge is -2.29. The standard InChI is InChI=1S/C15H17FN2O2/c1-2-5-18-9-10(8-17-18)15-7-13(19)12-6-11(16)3-4-14(12)20-15/h3-4,6,8-9,13,15,19H,2,5,7H2,1H3. The number of hydrogen-bond donors (Lipinski definition) is 1. The number of rotatable bonds is 3. The lowest BCUT2D eigenvalue weighted by Crippen LogP contribution is -2.18. The number of nitrogens with zero attached hydrogens (tertiary/aromatic N) is 2. The van der Waals surface area contributed by atoms with Crippen LogP contribution in [0.3, 0.4) is 0 Å². The zero-order chi connectivity index (χ0) is 14.1. The monoisotopic (exact) mass is 276 g/mol. The summed E-state index contributed by atoms with van der Waals surface area (Å²) in [6.07, 6.45) is 4.17. The molecule has 0 radical (unpaired) electrons. The van der Waals surface area contributed by atoms with Crippen LogP contribution in [0.15, 0.2) is 30.6 Å². The number of ether oxygens (including phenoxy) is 1. The summed E-state index contributed by atoms with van der Waals surface area (Å²) in [5.41, 5.74) is 1.45. The molecule has 0 bridgehead atoms. The largest absolute Gasteiger partial charge is 0.485 e. The van der Waals surface area contributed by atoms with E-state index in [1.165, 1.54) is 12.1 Å². The van der Waals surface area contributed by atoms with Crippen LogP contribution in [0.2, 0.25) is 0 Å². The van der Waals surface area contributed by atoms with E-state index in [0.717, 1.165) is 18.5 Å². The first-order valence-corrected chi connectivity index (χ1v) is 6.84. The van der Waals surface area contributed by atoms with Crippen molar-refractivity contribution in [3.63, 3.8) is 0 Å². The van der Waals surface area contributed by atoms with Crippen molar-refractivity contribution < 1.29 is 14.2 Å². The summed E-state index contributed by atoms with van der Waals surface area (Å²) < 4.78 is 20.9. The van der Waals surface area contributed by atoms with Crippen LogP contribution < -0.4 is 4.74 Å². The second-order valence-electron chi connectivity index (χ2n) is 5.08. The Bertz CT molecular complexity index is 612. The van der Waals surface area contributed by atoms with Crippen LogP contribution in [0.4, 0.5) is 4.39 Å². The van der Waals surface area contributed by atoms with E-state index in [2.05, 4.69) is 12.0 Å². The van der Waals surface area contributed by atoms with Crippen molar-refractivity contribution in [1.29, 1.82) is 0 Å². The lowest BCUT2D eigenvalue weighted by atomic mass is 9.96. The van der Waals surface area contributed by atoms with Gasteiger partial charge in [0.2, 0.25) is 0 Å². The summed E-state index contributed by atoms with van der Waals surface area (Å²) in [5, 5.41) is 14.4. The van der Waals surface area contributed by atoms with Crippen LogP contribution in [-0.2, 0) is 6.54 Å². The molecule has 0 fully saturated rings. The maximum Gasteiger partial charge on any atom is 0.130 e. The second-order valence-corrected chi connectivity index (χ2v) is 5.08. The third-order valence-corrected chi connectivity index (χ3v) is 3.52. The van der Waals surface area contributed by atoms with Crippen molar-refractivity contribution in [1.82, 2.24) is 9.78 Å². The fraction of sp³-hybridized carbons (Fsp3) is 0.400. The molecule has 0 saturated heterocycles. The van der Waals surface area contributed by atoms with E-state index < -0.39 is 6.10 Å². The van der Waals surface area contributed by atoms with Gasteiger partial charge in [0.1, 0.15) is 17.7 Å². The predicted molar refractivity (Wildman–Crippen MR) is 71.9 cm³/mol. The number of hydrogen-bond acceptors (Lipinski definition) is 3. The van der Waals surface area contributed by atoms with E-state index >= 15 is 0 Å². The van der Waals surface area contributed by atoms with Crippen molar-refractivity contribution in [3.8, 4) is 5.75 Å². The molecule has 2 unspecified atom stereocenters. The van der Waals surface area contributed by atoms with Gasteiger partial charge in [-0.1, -0.05) is 6.92 Å². The highest BCUT2D eigenvalue weighted by Crippen LogP contribution is 2.40. The van der Waals surface area contributed by atoms with Crippen LogP contribution in [0, 0.1) is 5.82 Å². The van der Waals surface area contributed by atoms with Gasteiger partial charge in [0.25, 0.3) is 0 Å². The van der Waals surface area contributed by atoms with Gasteiger partial charge in [0.05, 0.1) is 12.3 Å². The van der Waals surface area contributed by atoms with Crippen molar-refractivity contribution >= 4 is 0 Å². The maximum absolute atomic E-state index is 13.2. The Hall–Kier alpha value is -1.88. The predicted octanol–water partition coefficient (Wildman–Crippen LogP) is 2.99. The van der Waals surface area contributed by atoms with E-state index in [4.69, 9.17) is 4.74 Å². The van der Waals surface area contributed by atoms with Gasteiger partial charge in [-0.05, 0) is 24.6 Å². The lowest BCUT2D eigenvalue weighted by molar-refractivity contribution is 0.0653. The van der Waals surface area contributed by atoms with Gasteiger partial charge in [-0.2, -0.15) is 5.10 Å². The van der Waals surface area contributed by atoms with Gasteiger partial charge < -0.3 is 9.84 Å². The average Bonchev–Trinajstić information content (AvgIpc) is 2.88. The van der Waals surface area contributed by atoms with E-state index in [1.807, 2.05) is 10.9 Å². The molecule has 2 aromatic rings. The van der Waals surface area contributed by atoms with Crippen LogP contribution in [0.5, 0.6) is 5.75 Å². The first-order chi connectivity index (χ1) is 9.67. The smallest absolute Gasteiger partial charge is 0.130 e. The van der Waals surface area contributed by atoms with E-state index in [1.54, 1.807) is 12.3 Å². The van der Waals surface area contributed by atoms with Gasteiger partial charge in [-0.3, -0.25) is 4.68 Å². The summed E-state index contributed by atoms with van der Waals surface area (Å²) in [7, 11) is 0. The molecule has 1 aromatic carbocycles. The average molecular weight is 276 g/mol. The van der Waals surface area contributed by atoms with Gasteiger partial charge in [0.15, 0.2) is 0 Å². The Morgan fingerprint density at radius 2 is 2.35 bits per heavy atom. The molecule has 4 nitrogen and oxygen atoms in total. The third kappa shape index (κ3) is 2.41. The zero-order valence-corrected chi connectivity index (χ0v) is 11.3. The molecule has 3 rings (SSSR count). The highest BCUT2D eigenvalue weighted by Gasteiger charge is 2.29. The number of halogens is 1. The van der Waals surface area contributed by atoms with Crippen LogP contribution in [0.25, 0.3) is 0 Å². The van der Waals surface area contributed by atoms with Crippen LogP contribution in [0.1, 0.15) is 43.1 Å². The van der Waals surface area contributed by atoms with Crippen molar-refractivity contribution in [2.24, 2.45) is 0 Å². The summed E-state index contributed by atoms with van der Waals surface area (Å²) >= 11 is 0. The third-order valence-electron chi connectivity index (χ3n) is 3.52. The number of aliphatic hydroxyl groups is 1. The highest BCUT2D eigenvalue weighted by atomic mass is 19.1. The fourth-order valence-electron chi connectivity index (χ4n) is 2.52. The Balaban J connectivity index is 1.85. The second kappa shape index (κ2) is 5.25. The molecular formula is C15H17FN2O2. The van der Waals surface area contributed by atoms with E-state index in [9.17, 15) is 9.50 Å². The van der Waals surface area contributed by atoms with Crippen LogP contribution in [-0.4, -0.2) is 14.9 Å². The SMILES string of the molecule is CCCn1cc(C2CC(O)c3cc(F)ccc3O2)cn1. The number of fused-ring (bicyclic) bond motifs is 1. The molecular weight excluding hydrogens is 259 g/mol. The molecule has 2 atom stereocenters. The van der Waals surface area contributed by atoms with Gasteiger partial charge in [-0.25, -0.2) is 4.39 Å².